The molecule has 3 N–H and O–H groups in total. The molecule has 1 aliphatic carbocycles. The SMILES string of the molecule is CNC(=O)ON=C(N)C1=Cc2cc(C)cc(C)c21. The number of nitrogens with two attached hydrogens (primary N) is 1. The number of fused-ring (bicyclic) bond motifs is 1. The van der Waals surface area contributed by atoms with Crippen molar-refractivity contribution in [1.82, 2.24) is 5.32 Å². The lowest BCUT2D eigenvalue weighted by molar-refractivity contribution is 0.153. The van der Waals surface area contributed by atoms with E-state index in [-0.39, 0.29) is 5.84 Å². The molecule has 0 unspecified atom stereocenters. The van der Waals surface area contributed by atoms with E-state index < -0.39 is 6.09 Å². The lowest BCUT2D eigenvalue weighted by atomic mass is 9.83. The molecular formula is C13H15N3O2. The molecular weight excluding hydrogens is 230 g/mol. The van der Waals surface area contributed by atoms with Gasteiger partial charge in [-0.3, -0.25) is 4.84 Å². The van der Waals surface area contributed by atoms with Crippen molar-refractivity contribution in [2.45, 2.75) is 13.8 Å². The van der Waals surface area contributed by atoms with Crippen LogP contribution < -0.4 is 11.1 Å². The topological polar surface area (TPSA) is 76.7 Å². The summed E-state index contributed by atoms with van der Waals surface area (Å²) in [5, 5.41) is 5.88. The Morgan fingerprint density at radius 1 is 1.39 bits per heavy atom. The highest BCUT2D eigenvalue weighted by Gasteiger charge is 2.22. The Labute approximate surface area is 105 Å². The fraction of sp³-hybridized carbons (Fsp3) is 0.231. The Morgan fingerprint density at radius 2 is 2.11 bits per heavy atom. The number of rotatable bonds is 2. The molecule has 1 aliphatic rings. The van der Waals surface area contributed by atoms with Gasteiger partial charge in [-0.1, -0.05) is 22.9 Å². The van der Waals surface area contributed by atoms with E-state index >= 15 is 0 Å². The number of hydrogen-bond acceptors (Lipinski definition) is 3. The minimum atomic E-state index is -0.640. The quantitative estimate of drug-likeness (QED) is 0.361. The van der Waals surface area contributed by atoms with Gasteiger partial charge in [-0.2, -0.15) is 0 Å². The van der Waals surface area contributed by atoms with Gasteiger partial charge in [0.2, 0.25) is 0 Å². The molecule has 0 aromatic heterocycles. The molecule has 0 fully saturated rings. The van der Waals surface area contributed by atoms with Crippen LogP contribution in [0, 0.1) is 13.8 Å². The summed E-state index contributed by atoms with van der Waals surface area (Å²) >= 11 is 0. The first-order chi connectivity index (χ1) is 8.52. The van der Waals surface area contributed by atoms with Crippen LogP contribution in [-0.4, -0.2) is 19.0 Å². The van der Waals surface area contributed by atoms with Gasteiger partial charge in [0.1, 0.15) is 0 Å². The second kappa shape index (κ2) is 4.52. The summed E-state index contributed by atoms with van der Waals surface area (Å²) in [5.41, 5.74) is 11.1. The van der Waals surface area contributed by atoms with Crippen molar-refractivity contribution in [3.05, 3.63) is 34.4 Å². The second-order valence-corrected chi connectivity index (χ2v) is 4.21. The van der Waals surface area contributed by atoms with Gasteiger partial charge in [0.25, 0.3) is 0 Å². The minimum absolute atomic E-state index is 0.207. The van der Waals surface area contributed by atoms with E-state index in [1.54, 1.807) is 0 Å². The lowest BCUT2D eigenvalue weighted by Gasteiger charge is -2.22. The molecule has 0 bridgehead atoms. The molecule has 0 aliphatic heterocycles. The summed E-state index contributed by atoms with van der Waals surface area (Å²) in [6.07, 6.45) is 1.29. The molecule has 0 saturated heterocycles. The zero-order valence-electron chi connectivity index (χ0n) is 10.6. The van der Waals surface area contributed by atoms with Gasteiger partial charge < -0.3 is 11.1 Å². The Bertz CT molecular complexity index is 574. The Balaban J connectivity index is 2.21. The van der Waals surface area contributed by atoms with Crippen LogP contribution in [0.4, 0.5) is 4.79 Å². The molecule has 5 nitrogen and oxygen atoms in total. The van der Waals surface area contributed by atoms with Gasteiger partial charge in [0.15, 0.2) is 5.84 Å². The van der Waals surface area contributed by atoms with E-state index in [9.17, 15) is 4.79 Å². The van der Waals surface area contributed by atoms with Gasteiger partial charge >= 0.3 is 6.09 Å². The predicted octanol–water partition coefficient (Wildman–Crippen LogP) is 1.79. The molecule has 1 aromatic carbocycles. The maximum atomic E-state index is 10.9. The van der Waals surface area contributed by atoms with E-state index in [0.29, 0.717) is 0 Å². The van der Waals surface area contributed by atoms with Crippen molar-refractivity contribution in [3.63, 3.8) is 0 Å². The van der Waals surface area contributed by atoms with E-state index in [1.165, 1.54) is 12.6 Å². The Morgan fingerprint density at radius 3 is 2.72 bits per heavy atom. The van der Waals surface area contributed by atoms with Crippen LogP contribution in [0.1, 0.15) is 22.3 Å². The van der Waals surface area contributed by atoms with E-state index in [4.69, 9.17) is 5.73 Å². The third-order valence-corrected chi connectivity index (χ3v) is 2.79. The van der Waals surface area contributed by atoms with Crippen LogP contribution >= 0.6 is 0 Å². The summed E-state index contributed by atoms with van der Waals surface area (Å²) in [5.74, 6) is 0.207. The van der Waals surface area contributed by atoms with Gasteiger partial charge in [-0.05, 0) is 36.6 Å². The molecule has 0 spiro atoms. The highest BCUT2D eigenvalue weighted by Crippen LogP contribution is 2.35. The monoisotopic (exact) mass is 245 g/mol. The first-order valence-electron chi connectivity index (χ1n) is 5.59. The summed E-state index contributed by atoms with van der Waals surface area (Å²) in [6, 6.07) is 4.16. The Kier molecular flexibility index (Phi) is 3.06. The van der Waals surface area contributed by atoms with Crippen LogP contribution in [-0.2, 0) is 4.84 Å². The van der Waals surface area contributed by atoms with Gasteiger partial charge in [0, 0.05) is 12.6 Å². The van der Waals surface area contributed by atoms with E-state index in [1.807, 2.05) is 19.9 Å². The molecule has 0 saturated carbocycles. The van der Waals surface area contributed by atoms with Crippen LogP contribution in [0.15, 0.2) is 17.3 Å². The molecule has 5 heteroatoms. The zero-order chi connectivity index (χ0) is 13.3. The van der Waals surface area contributed by atoms with Crippen molar-refractivity contribution < 1.29 is 9.63 Å². The smallest absolute Gasteiger partial charge is 0.380 e. The fourth-order valence-corrected chi connectivity index (χ4v) is 2.02. The van der Waals surface area contributed by atoms with Crippen LogP contribution in [0.25, 0.3) is 11.6 Å². The maximum absolute atomic E-state index is 10.9. The number of nitrogens with one attached hydrogen (secondary N) is 1. The van der Waals surface area contributed by atoms with Crippen molar-refractivity contribution in [3.8, 4) is 0 Å². The van der Waals surface area contributed by atoms with Crippen molar-refractivity contribution in [1.29, 1.82) is 0 Å². The number of aryl methyl sites for hydroxylation is 2. The first-order valence-corrected chi connectivity index (χ1v) is 5.59. The summed E-state index contributed by atoms with van der Waals surface area (Å²) in [7, 11) is 1.46. The number of carbonyl (C=O) groups is 1. The maximum Gasteiger partial charge on any atom is 0.433 e. The van der Waals surface area contributed by atoms with Crippen molar-refractivity contribution in [2.75, 3.05) is 7.05 Å². The highest BCUT2D eigenvalue weighted by molar-refractivity contribution is 6.31. The predicted molar refractivity (Wildman–Crippen MR) is 71.0 cm³/mol. The zero-order valence-corrected chi connectivity index (χ0v) is 10.6. The summed E-state index contributed by atoms with van der Waals surface area (Å²) in [4.78, 5) is 15.4. The number of amides is 1. The molecule has 1 aromatic rings. The molecule has 0 heterocycles. The molecule has 94 valence electrons. The summed E-state index contributed by atoms with van der Waals surface area (Å²) < 4.78 is 0. The average Bonchev–Trinajstić information content (AvgIpc) is 2.28. The van der Waals surface area contributed by atoms with Crippen LogP contribution in [0.3, 0.4) is 0 Å². The number of hydrogen-bond donors (Lipinski definition) is 2. The third kappa shape index (κ3) is 2.07. The van der Waals surface area contributed by atoms with Gasteiger partial charge in [-0.25, -0.2) is 4.79 Å². The van der Waals surface area contributed by atoms with Crippen LogP contribution in [0.5, 0.6) is 0 Å². The lowest BCUT2D eigenvalue weighted by Crippen LogP contribution is -2.23. The normalized spacial score (nSPS) is 13.3. The first kappa shape index (κ1) is 12.2. The third-order valence-electron chi connectivity index (χ3n) is 2.79. The number of benzene rings is 1. The number of nitrogens with zero attached hydrogens (tertiary/aromatic N) is 1. The highest BCUT2D eigenvalue weighted by atomic mass is 16.7. The minimum Gasteiger partial charge on any atom is -0.380 e. The average molecular weight is 245 g/mol. The second-order valence-electron chi connectivity index (χ2n) is 4.21. The van der Waals surface area contributed by atoms with E-state index in [2.05, 4.69) is 27.4 Å². The van der Waals surface area contributed by atoms with Crippen molar-refractivity contribution in [2.24, 2.45) is 10.9 Å². The van der Waals surface area contributed by atoms with E-state index in [0.717, 1.165) is 22.3 Å². The molecule has 0 atom stereocenters. The fourth-order valence-electron chi connectivity index (χ4n) is 2.02. The number of amidine groups is 1. The number of carbonyl (C=O) groups excluding carboxylic acids is 1. The molecule has 0 radical (unpaired) electrons. The Hall–Kier alpha value is -2.30. The van der Waals surface area contributed by atoms with Crippen LogP contribution in [0.2, 0.25) is 0 Å². The standard InChI is InChI=1S/C13H15N3O2/c1-7-4-8(2)11-9(5-7)6-10(11)12(14)16-18-13(17)15-3/h4-6H,1-3H3,(H2,14,16)(H,15,17). The van der Waals surface area contributed by atoms with Crippen molar-refractivity contribution >= 4 is 23.6 Å². The molecule has 18 heavy (non-hydrogen) atoms. The largest absolute Gasteiger partial charge is 0.433 e. The van der Waals surface area contributed by atoms with Gasteiger partial charge in [-0.15, -0.1) is 0 Å². The molecule has 1 amide bonds. The van der Waals surface area contributed by atoms with Gasteiger partial charge in [0.05, 0.1) is 0 Å². The number of oxime groups is 1. The summed E-state index contributed by atoms with van der Waals surface area (Å²) in [6.45, 7) is 4.07. The molecule has 2 rings (SSSR count).